The maximum absolute atomic E-state index is 11.4. The topological polar surface area (TPSA) is 77.8 Å². The van der Waals surface area contributed by atoms with Gasteiger partial charge in [0, 0.05) is 0 Å². The number of benzene rings is 2. The Morgan fingerprint density at radius 2 is 1.56 bits per heavy atom. The summed E-state index contributed by atoms with van der Waals surface area (Å²) in [5, 5.41) is 1.75. The summed E-state index contributed by atoms with van der Waals surface area (Å²) in [6, 6.07) is 12.0. The van der Waals surface area contributed by atoms with Gasteiger partial charge in [-0.3, -0.25) is 0 Å². The Kier molecular flexibility index (Phi) is 2.74. The summed E-state index contributed by atoms with van der Waals surface area (Å²) in [5.74, 6) is 0. The Bertz CT molecular complexity index is 545. The van der Waals surface area contributed by atoms with Crippen molar-refractivity contribution >= 4 is 24.2 Å². The van der Waals surface area contributed by atoms with Crippen LogP contribution in [0.25, 0.3) is 10.8 Å². The van der Waals surface area contributed by atoms with Gasteiger partial charge in [0.2, 0.25) is 0 Å². The van der Waals surface area contributed by atoms with E-state index in [9.17, 15) is 4.79 Å². The van der Waals surface area contributed by atoms with E-state index in [0.717, 1.165) is 10.8 Å². The van der Waals surface area contributed by atoms with Gasteiger partial charge in [-0.15, -0.1) is 0 Å². The zero-order chi connectivity index (χ0) is 11.8. The molecule has 2 aromatic carbocycles. The molecule has 0 aliphatic rings. The number of hydrogen-bond donors (Lipinski definition) is 3. The van der Waals surface area contributed by atoms with Crippen LogP contribution in [0.4, 0.5) is 0 Å². The smallest absolute Gasteiger partial charge is 0.238 e. The quantitative estimate of drug-likeness (QED) is 0.695. The van der Waals surface area contributed by atoms with Crippen LogP contribution >= 0.6 is 7.94 Å². The average Bonchev–Trinajstić information content (AvgIpc) is 2.26. The first-order valence-electron chi connectivity index (χ1n) is 4.59. The zero-order valence-corrected chi connectivity index (χ0v) is 9.13. The molecular formula is C11H10O4P+. The summed E-state index contributed by atoms with van der Waals surface area (Å²) in [6.07, 6.45) is 0. The molecular weight excluding hydrogens is 227 g/mol. The Balaban J connectivity index is 2.52. The maximum atomic E-state index is 11.4. The lowest BCUT2D eigenvalue weighted by molar-refractivity contribution is 0.102. The standard InChI is InChI=1S/C11H10O4P/c12-11(16(13,14)15)10-6-5-8-3-1-2-4-9(8)7-10/h1-7,13-15H/q+1. The molecule has 0 radical (unpaired) electrons. The summed E-state index contributed by atoms with van der Waals surface area (Å²) in [7, 11) is -4.45. The van der Waals surface area contributed by atoms with Crippen molar-refractivity contribution < 1.29 is 19.5 Å². The second-order valence-corrected chi connectivity index (χ2v) is 4.98. The highest BCUT2D eigenvalue weighted by atomic mass is 31.2. The van der Waals surface area contributed by atoms with E-state index >= 15 is 0 Å². The normalized spacial score (nSPS) is 11.7. The van der Waals surface area contributed by atoms with Gasteiger partial charge in [-0.05, 0) is 22.9 Å². The molecule has 0 aliphatic carbocycles. The lowest BCUT2D eigenvalue weighted by Gasteiger charge is -2.03. The Morgan fingerprint density at radius 1 is 0.938 bits per heavy atom. The van der Waals surface area contributed by atoms with E-state index in [0.29, 0.717) is 0 Å². The summed E-state index contributed by atoms with van der Waals surface area (Å²) < 4.78 is 0. The number of hydrogen-bond acceptors (Lipinski definition) is 4. The fourth-order valence-electron chi connectivity index (χ4n) is 1.50. The summed E-state index contributed by atoms with van der Waals surface area (Å²) in [5.41, 5.74) is -0.933. The van der Waals surface area contributed by atoms with Crippen LogP contribution in [0.3, 0.4) is 0 Å². The number of carbonyl (C=O) groups is 1. The summed E-state index contributed by atoms with van der Waals surface area (Å²) >= 11 is 0. The minimum Gasteiger partial charge on any atom is -0.238 e. The van der Waals surface area contributed by atoms with Crippen LogP contribution in [0.2, 0.25) is 0 Å². The van der Waals surface area contributed by atoms with Crippen molar-refractivity contribution in [1.82, 2.24) is 0 Å². The molecule has 3 N–H and O–H groups in total. The molecule has 0 amide bonds. The first-order valence-corrected chi connectivity index (χ1v) is 6.24. The molecule has 2 aromatic rings. The van der Waals surface area contributed by atoms with Crippen LogP contribution < -0.4 is 0 Å². The van der Waals surface area contributed by atoms with E-state index in [1.54, 1.807) is 12.1 Å². The van der Waals surface area contributed by atoms with Crippen LogP contribution in [0.5, 0.6) is 0 Å². The highest BCUT2D eigenvalue weighted by Gasteiger charge is 2.43. The molecule has 0 spiro atoms. The molecule has 0 atom stereocenters. The third-order valence-corrected chi connectivity index (χ3v) is 3.07. The molecule has 0 unspecified atom stereocenters. The first kappa shape index (κ1) is 11.2. The van der Waals surface area contributed by atoms with Crippen LogP contribution in [0, 0.1) is 0 Å². The summed E-state index contributed by atoms with van der Waals surface area (Å²) in [6.45, 7) is 0. The average molecular weight is 237 g/mol. The number of carbonyl (C=O) groups excluding carboxylic acids is 1. The monoisotopic (exact) mass is 237 g/mol. The Hall–Kier alpha value is -1.32. The highest BCUT2D eigenvalue weighted by Crippen LogP contribution is 2.48. The summed E-state index contributed by atoms with van der Waals surface area (Å²) in [4.78, 5) is 38.1. The van der Waals surface area contributed by atoms with Crippen molar-refractivity contribution in [3.63, 3.8) is 0 Å². The third kappa shape index (κ3) is 2.10. The van der Waals surface area contributed by atoms with E-state index in [1.165, 1.54) is 12.1 Å². The van der Waals surface area contributed by atoms with E-state index < -0.39 is 13.5 Å². The maximum Gasteiger partial charge on any atom is 0.483 e. The number of fused-ring (bicyclic) bond motifs is 1. The van der Waals surface area contributed by atoms with Gasteiger partial charge in [-0.2, -0.15) is 14.7 Å². The fourth-order valence-corrected chi connectivity index (χ4v) is 1.98. The molecule has 16 heavy (non-hydrogen) atoms. The van der Waals surface area contributed by atoms with E-state index in [4.69, 9.17) is 14.7 Å². The predicted molar refractivity (Wildman–Crippen MR) is 61.9 cm³/mol. The lowest BCUT2D eigenvalue weighted by atomic mass is 10.1. The van der Waals surface area contributed by atoms with E-state index in [1.807, 2.05) is 18.2 Å². The predicted octanol–water partition coefficient (Wildman–Crippen LogP) is 1.72. The van der Waals surface area contributed by atoms with E-state index in [-0.39, 0.29) is 5.56 Å². The van der Waals surface area contributed by atoms with Crippen LogP contribution in [0.1, 0.15) is 10.4 Å². The molecule has 2 rings (SSSR count). The molecule has 4 nitrogen and oxygen atoms in total. The van der Waals surface area contributed by atoms with Gasteiger partial charge in [-0.25, -0.2) is 4.79 Å². The van der Waals surface area contributed by atoms with Crippen molar-refractivity contribution in [2.45, 2.75) is 0 Å². The van der Waals surface area contributed by atoms with Gasteiger partial charge in [0.1, 0.15) is 0 Å². The zero-order valence-electron chi connectivity index (χ0n) is 8.24. The van der Waals surface area contributed by atoms with Crippen molar-refractivity contribution in [2.24, 2.45) is 0 Å². The molecule has 0 saturated carbocycles. The van der Waals surface area contributed by atoms with E-state index in [2.05, 4.69) is 0 Å². The minimum absolute atomic E-state index is 0.0968. The molecule has 0 aliphatic heterocycles. The molecule has 0 aromatic heterocycles. The van der Waals surface area contributed by atoms with Gasteiger partial charge >= 0.3 is 13.5 Å². The van der Waals surface area contributed by atoms with Crippen molar-refractivity contribution in [1.29, 1.82) is 0 Å². The SMILES string of the molecule is O=C(c1ccc2ccccc2c1)[P+](O)(O)O. The van der Waals surface area contributed by atoms with Crippen molar-refractivity contribution in [3.8, 4) is 0 Å². The van der Waals surface area contributed by atoms with Gasteiger partial charge < -0.3 is 0 Å². The third-order valence-electron chi connectivity index (χ3n) is 2.27. The first-order chi connectivity index (χ1) is 7.48. The Labute approximate surface area is 92.4 Å². The van der Waals surface area contributed by atoms with Gasteiger partial charge in [0.15, 0.2) is 0 Å². The second kappa shape index (κ2) is 3.92. The van der Waals surface area contributed by atoms with Gasteiger partial charge in [0.05, 0.1) is 5.56 Å². The second-order valence-electron chi connectivity index (χ2n) is 3.44. The molecule has 0 bridgehead atoms. The van der Waals surface area contributed by atoms with Gasteiger partial charge in [0.25, 0.3) is 0 Å². The van der Waals surface area contributed by atoms with Crippen LogP contribution in [-0.2, 0) is 0 Å². The Morgan fingerprint density at radius 3 is 2.19 bits per heavy atom. The lowest BCUT2D eigenvalue weighted by Crippen LogP contribution is -2.05. The van der Waals surface area contributed by atoms with Crippen molar-refractivity contribution in [3.05, 3.63) is 48.0 Å². The molecule has 0 heterocycles. The molecule has 5 heteroatoms. The molecule has 0 saturated heterocycles. The molecule has 82 valence electrons. The largest absolute Gasteiger partial charge is 0.483 e. The molecule has 0 fully saturated rings. The van der Waals surface area contributed by atoms with Crippen LogP contribution in [0.15, 0.2) is 42.5 Å². The highest BCUT2D eigenvalue weighted by molar-refractivity contribution is 7.76. The van der Waals surface area contributed by atoms with Crippen molar-refractivity contribution in [2.75, 3.05) is 0 Å². The number of rotatable bonds is 2. The van der Waals surface area contributed by atoms with Crippen LogP contribution in [-0.4, -0.2) is 20.2 Å². The fraction of sp³-hybridized carbons (Fsp3) is 0. The van der Waals surface area contributed by atoms with Gasteiger partial charge in [-0.1, -0.05) is 30.3 Å². The minimum atomic E-state index is -4.45.